The Morgan fingerprint density at radius 1 is 1.10 bits per heavy atom. The summed E-state index contributed by atoms with van der Waals surface area (Å²) in [6, 6.07) is 7.14. The van der Waals surface area contributed by atoms with Crippen LogP contribution in [-0.2, 0) is 12.0 Å². The first kappa shape index (κ1) is 15.3. The van der Waals surface area contributed by atoms with Gasteiger partial charge in [0.1, 0.15) is 18.1 Å². The van der Waals surface area contributed by atoms with Gasteiger partial charge >= 0.3 is 0 Å². The minimum Gasteiger partial charge on any atom is -0.491 e. The van der Waals surface area contributed by atoms with Crippen LogP contribution in [0.5, 0.6) is 11.5 Å². The van der Waals surface area contributed by atoms with E-state index in [2.05, 4.69) is 10.1 Å². The zero-order chi connectivity index (χ0) is 15.3. The van der Waals surface area contributed by atoms with Gasteiger partial charge in [-0.25, -0.2) is 0 Å². The van der Waals surface area contributed by atoms with Crippen LogP contribution >= 0.6 is 0 Å². The normalized spacial score (nSPS) is 11.4. The summed E-state index contributed by atoms with van der Waals surface area (Å²) in [7, 11) is 0. The summed E-state index contributed by atoms with van der Waals surface area (Å²) in [5, 5.41) is 12.6. The van der Waals surface area contributed by atoms with E-state index in [0.29, 0.717) is 23.2 Å². The van der Waals surface area contributed by atoms with Gasteiger partial charge in [0.25, 0.3) is 0 Å². The van der Waals surface area contributed by atoms with Gasteiger partial charge in [-0.3, -0.25) is 0 Å². The molecule has 1 aromatic carbocycles. The van der Waals surface area contributed by atoms with E-state index in [1.807, 2.05) is 20.8 Å². The molecule has 0 saturated carbocycles. The third kappa shape index (κ3) is 4.46. The average molecular weight is 292 g/mol. The lowest BCUT2D eigenvalue weighted by Crippen LogP contribution is -2.11. The Morgan fingerprint density at radius 3 is 2.24 bits per heavy atom. The molecule has 0 radical (unpaired) electrons. The summed E-state index contributed by atoms with van der Waals surface area (Å²) in [6.07, 6.45) is 0. The van der Waals surface area contributed by atoms with E-state index in [1.165, 1.54) is 0 Å². The van der Waals surface area contributed by atoms with Crippen molar-refractivity contribution >= 4 is 0 Å². The molecule has 0 aliphatic carbocycles. The largest absolute Gasteiger partial charge is 0.491 e. The van der Waals surface area contributed by atoms with Gasteiger partial charge in [-0.15, -0.1) is 0 Å². The molecule has 0 amide bonds. The van der Waals surface area contributed by atoms with Crippen LogP contribution in [-0.4, -0.2) is 28.5 Å². The fraction of sp³-hybridized carbons (Fsp3) is 0.467. The van der Waals surface area contributed by atoms with Crippen molar-refractivity contribution in [1.82, 2.24) is 10.1 Å². The Morgan fingerprint density at radius 2 is 1.71 bits per heavy atom. The lowest BCUT2D eigenvalue weighted by molar-refractivity contribution is 0.201. The monoisotopic (exact) mass is 292 g/mol. The number of nitrogens with zero attached hydrogens (tertiary/aromatic N) is 2. The molecule has 0 fully saturated rings. The molecular formula is C15H20N2O4. The average Bonchev–Trinajstić information content (AvgIpc) is 2.93. The smallest absolute Gasteiger partial charge is 0.232 e. The maximum Gasteiger partial charge on any atom is 0.232 e. The highest BCUT2D eigenvalue weighted by atomic mass is 16.5. The maximum atomic E-state index is 8.68. The first-order chi connectivity index (χ1) is 9.99. The molecule has 0 spiro atoms. The minimum absolute atomic E-state index is 0.00775. The van der Waals surface area contributed by atoms with E-state index in [4.69, 9.17) is 19.1 Å². The number of ether oxygens (including phenoxy) is 2. The lowest BCUT2D eigenvalue weighted by Gasteiger charge is -2.10. The van der Waals surface area contributed by atoms with Crippen molar-refractivity contribution in [2.75, 3.05) is 13.2 Å². The molecule has 0 saturated heterocycles. The molecule has 1 N–H and O–H groups in total. The van der Waals surface area contributed by atoms with E-state index in [1.54, 1.807) is 24.3 Å². The number of rotatable bonds is 6. The van der Waals surface area contributed by atoms with Gasteiger partial charge in [-0.05, 0) is 24.3 Å². The van der Waals surface area contributed by atoms with Crippen molar-refractivity contribution < 1.29 is 19.1 Å². The molecule has 1 aromatic heterocycles. The quantitative estimate of drug-likeness (QED) is 0.880. The van der Waals surface area contributed by atoms with Crippen molar-refractivity contribution in [3.8, 4) is 11.5 Å². The summed E-state index contributed by atoms with van der Waals surface area (Å²) in [6.45, 7) is 6.55. The number of hydrogen-bond donors (Lipinski definition) is 1. The Balaban J connectivity index is 1.89. The third-order valence-corrected chi connectivity index (χ3v) is 2.66. The highest BCUT2D eigenvalue weighted by Gasteiger charge is 2.21. The summed E-state index contributed by atoms with van der Waals surface area (Å²) in [5.74, 6) is 2.48. The second-order valence-electron chi connectivity index (χ2n) is 5.60. The van der Waals surface area contributed by atoms with Crippen LogP contribution in [0.15, 0.2) is 28.8 Å². The van der Waals surface area contributed by atoms with Crippen molar-refractivity contribution in [3.05, 3.63) is 36.0 Å². The summed E-state index contributed by atoms with van der Waals surface area (Å²) >= 11 is 0. The molecular weight excluding hydrogens is 272 g/mol. The molecule has 0 atom stereocenters. The molecule has 21 heavy (non-hydrogen) atoms. The Kier molecular flexibility index (Phi) is 4.80. The number of hydrogen-bond acceptors (Lipinski definition) is 6. The minimum atomic E-state index is -0.170. The van der Waals surface area contributed by atoms with Crippen LogP contribution in [0.4, 0.5) is 0 Å². The molecule has 2 aromatic rings. The first-order valence-electron chi connectivity index (χ1n) is 6.78. The second-order valence-corrected chi connectivity index (χ2v) is 5.60. The summed E-state index contributed by atoms with van der Waals surface area (Å²) in [4.78, 5) is 4.30. The van der Waals surface area contributed by atoms with Crippen molar-refractivity contribution in [3.63, 3.8) is 0 Å². The van der Waals surface area contributed by atoms with Gasteiger partial charge in [-0.2, -0.15) is 4.98 Å². The standard InChI is InChI=1S/C15H20N2O4/c1-15(2,3)14-16-13(17-21-14)10-20-12-6-4-11(5-7-12)19-9-8-18/h4-7,18H,8-10H2,1-3H3. The highest BCUT2D eigenvalue weighted by molar-refractivity contribution is 5.31. The Hall–Kier alpha value is -2.08. The van der Waals surface area contributed by atoms with Crippen molar-refractivity contribution in [2.45, 2.75) is 32.8 Å². The molecule has 6 nitrogen and oxygen atoms in total. The molecule has 6 heteroatoms. The lowest BCUT2D eigenvalue weighted by atomic mass is 9.97. The van der Waals surface area contributed by atoms with Crippen LogP contribution in [0.2, 0.25) is 0 Å². The molecule has 1 heterocycles. The van der Waals surface area contributed by atoms with Crippen LogP contribution in [0.3, 0.4) is 0 Å². The predicted octanol–water partition coefficient (Wildman–Crippen LogP) is 2.32. The number of aliphatic hydroxyl groups is 1. The summed E-state index contributed by atoms with van der Waals surface area (Å²) < 4.78 is 16.1. The van der Waals surface area contributed by atoms with Crippen LogP contribution in [0.25, 0.3) is 0 Å². The summed E-state index contributed by atoms with van der Waals surface area (Å²) in [5.41, 5.74) is -0.170. The van der Waals surface area contributed by atoms with E-state index in [0.717, 1.165) is 0 Å². The van der Waals surface area contributed by atoms with Crippen LogP contribution in [0.1, 0.15) is 32.5 Å². The van der Waals surface area contributed by atoms with Crippen molar-refractivity contribution in [1.29, 1.82) is 0 Å². The van der Waals surface area contributed by atoms with Gasteiger partial charge in [0.15, 0.2) is 6.61 Å². The number of aliphatic hydroxyl groups excluding tert-OH is 1. The van der Waals surface area contributed by atoms with Gasteiger partial charge in [0.05, 0.1) is 6.61 Å². The molecule has 2 rings (SSSR count). The van der Waals surface area contributed by atoms with Gasteiger partial charge in [0.2, 0.25) is 11.7 Å². The Labute approximate surface area is 123 Å². The number of aromatic nitrogens is 2. The van der Waals surface area contributed by atoms with E-state index in [-0.39, 0.29) is 25.2 Å². The topological polar surface area (TPSA) is 77.6 Å². The van der Waals surface area contributed by atoms with E-state index >= 15 is 0 Å². The van der Waals surface area contributed by atoms with E-state index < -0.39 is 0 Å². The second kappa shape index (κ2) is 6.58. The molecule has 114 valence electrons. The van der Waals surface area contributed by atoms with Crippen molar-refractivity contribution in [2.24, 2.45) is 0 Å². The third-order valence-electron chi connectivity index (χ3n) is 2.66. The van der Waals surface area contributed by atoms with Gasteiger partial charge < -0.3 is 19.1 Å². The molecule has 0 aliphatic rings. The SMILES string of the molecule is CC(C)(C)c1nc(COc2ccc(OCCO)cc2)no1. The zero-order valence-electron chi connectivity index (χ0n) is 12.5. The number of benzene rings is 1. The maximum absolute atomic E-state index is 8.68. The van der Waals surface area contributed by atoms with Crippen LogP contribution in [0, 0.1) is 0 Å². The zero-order valence-corrected chi connectivity index (χ0v) is 12.5. The van der Waals surface area contributed by atoms with Crippen LogP contribution < -0.4 is 9.47 Å². The highest BCUT2D eigenvalue weighted by Crippen LogP contribution is 2.21. The van der Waals surface area contributed by atoms with Gasteiger partial charge in [-0.1, -0.05) is 25.9 Å². The molecule has 0 unspecified atom stereocenters. The molecule has 0 aliphatic heterocycles. The van der Waals surface area contributed by atoms with E-state index in [9.17, 15) is 0 Å². The molecule has 0 bridgehead atoms. The van der Waals surface area contributed by atoms with Gasteiger partial charge in [0, 0.05) is 5.41 Å². The first-order valence-corrected chi connectivity index (χ1v) is 6.78. The predicted molar refractivity (Wildman–Crippen MR) is 76.4 cm³/mol. The Bertz CT molecular complexity index is 558. The fourth-order valence-electron chi connectivity index (χ4n) is 1.56. The fourth-order valence-corrected chi connectivity index (χ4v) is 1.56.